The number of nitrogen functional groups attached to an aromatic ring is 1. The number of nitrogens with zero attached hydrogens (tertiary/aromatic N) is 3. The molecule has 0 unspecified atom stereocenters. The number of ether oxygens (including phenoxy) is 1. The Kier molecular flexibility index (Phi) is 7.87. The van der Waals surface area contributed by atoms with Crippen molar-refractivity contribution in [1.29, 1.82) is 10.5 Å². The second-order valence-corrected chi connectivity index (χ2v) is 10.9. The fourth-order valence-corrected chi connectivity index (χ4v) is 6.90. The molecule has 3 heterocycles. The van der Waals surface area contributed by atoms with Crippen molar-refractivity contribution >= 4 is 45.8 Å². The number of esters is 1. The van der Waals surface area contributed by atoms with Crippen LogP contribution in [0.4, 0.5) is 10.8 Å². The third-order valence-electron chi connectivity index (χ3n) is 6.40. The summed E-state index contributed by atoms with van der Waals surface area (Å²) in [6.07, 6.45) is 3.01. The van der Waals surface area contributed by atoms with Crippen LogP contribution in [-0.4, -0.2) is 29.2 Å². The van der Waals surface area contributed by atoms with Gasteiger partial charge in [-0.2, -0.15) is 10.5 Å². The molecule has 3 aromatic heterocycles. The first-order valence-electron chi connectivity index (χ1n) is 12.5. The molecule has 1 amide bonds. The number of pyridine rings is 1. The minimum atomic E-state index is -0.453. The number of fused-ring (bicyclic) bond motifs is 3. The average molecular weight is 570 g/mol. The number of nitrogens with one attached hydrogen (secondary N) is 1. The molecule has 0 saturated carbocycles. The lowest BCUT2D eigenvalue weighted by Crippen LogP contribution is -2.16. The van der Waals surface area contributed by atoms with Crippen LogP contribution >= 0.6 is 23.1 Å². The molecule has 40 heavy (non-hydrogen) atoms. The van der Waals surface area contributed by atoms with Crippen LogP contribution in [0.15, 0.2) is 52.1 Å². The van der Waals surface area contributed by atoms with E-state index in [1.165, 1.54) is 34.9 Å². The van der Waals surface area contributed by atoms with E-state index in [2.05, 4.69) is 22.4 Å². The number of rotatable bonds is 8. The van der Waals surface area contributed by atoms with Gasteiger partial charge in [-0.15, -0.1) is 23.1 Å². The molecule has 0 aliphatic heterocycles. The summed E-state index contributed by atoms with van der Waals surface area (Å²) in [5.41, 5.74) is 10.1. The van der Waals surface area contributed by atoms with Crippen LogP contribution in [0.25, 0.3) is 21.8 Å². The average Bonchev–Trinajstić information content (AvgIpc) is 3.61. The number of hydrogen-bond donors (Lipinski definition) is 2. The van der Waals surface area contributed by atoms with Gasteiger partial charge in [0.2, 0.25) is 5.91 Å². The number of thiophene rings is 1. The van der Waals surface area contributed by atoms with E-state index in [9.17, 15) is 20.1 Å². The molecule has 5 rings (SSSR count). The van der Waals surface area contributed by atoms with E-state index in [1.807, 2.05) is 24.3 Å². The molecule has 0 bridgehead atoms. The molecule has 0 saturated heterocycles. The number of anilines is 2. The maximum Gasteiger partial charge on any atom is 0.341 e. The molecule has 9 nitrogen and oxygen atoms in total. The molecule has 1 aliphatic rings. The smallest absolute Gasteiger partial charge is 0.341 e. The van der Waals surface area contributed by atoms with Crippen molar-refractivity contribution in [2.24, 2.45) is 0 Å². The van der Waals surface area contributed by atoms with Gasteiger partial charge in [0.15, 0.2) is 0 Å². The normalized spacial score (nSPS) is 11.6. The maximum atomic E-state index is 13.0. The minimum absolute atomic E-state index is 0.0247. The highest BCUT2D eigenvalue weighted by Gasteiger charge is 2.30. The van der Waals surface area contributed by atoms with Gasteiger partial charge in [-0.05, 0) is 48.6 Å². The van der Waals surface area contributed by atoms with Crippen LogP contribution in [0, 0.1) is 22.7 Å². The van der Waals surface area contributed by atoms with E-state index in [0.717, 1.165) is 22.4 Å². The first-order valence-corrected chi connectivity index (χ1v) is 14.3. The molecule has 200 valence electrons. The zero-order chi connectivity index (χ0) is 28.2. The van der Waals surface area contributed by atoms with Gasteiger partial charge in [0, 0.05) is 17.1 Å². The zero-order valence-corrected chi connectivity index (χ0v) is 23.1. The molecule has 0 spiro atoms. The van der Waals surface area contributed by atoms with Crippen molar-refractivity contribution in [3.05, 3.63) is 70.5 Å². The fourth-order valence-electron chi connectivity index (χ4n) is 4.65. The monoisotopic (exact) mass is 569 g/mol. The van der Waals surface area contributed by atoms with Crippen LogP contribution in [-0.2, 0) is 22.4 Å². The quantitative estimate of drug-likeness (QED) is 0.198. The van der Waals surface area contributed by atoms with Crippen LogP contribution in [0.2, 0.25) is 0 Å². The van der Waals surface area contributed by atoms with Gasteiger partial charge < -0.3 is 20.2 Å². The highest BCUT2D eigenvalue weighted by atomic mass is 32.2. The second kappa shape index (κ2) is 11.7. The van der Waals surface area contributed by atoms with Gasteiger partial charge >= 0.3 is 5.97 Å². The summed E-state index contributed by atoms with van der Waals surface area (Å²) in [6, 6.07) is 15.4. The van der Waals surface area contributed by atoms with E-state index in [1.54, 1.807) is 19.1 Å². The van der Waals surface area contributed by atoms with E-state index in [-0.39, 0.29) is 47.2 Å². The summed E-state index contributed by atoms with van der Waals surface area (Å²) < 4.78 is 10.8. The van der Waals surface area contributed by atoms with Crippen molar-refractivity contribution in [3.8, 4) is 33.9 Å². The molecule has 0 fully saturated rings. The lowest BCUT2D eigenvalue weighted by Gasteiger charge is -2.16. The first kappa shape index (κ1) is 27.0. The number of thioether (sulfide) groups is 1. The van der Waals surface area contributed by atoms with Crippen LogP contribution in [0.5, 0.6) is 0 Å². The van der Waals surface area contributed by atoms with Crippen LogP contribution < -0.4 is 11.1 Å². The summed E-state index contributed by atoms with van der Waals surface area (Å²) in [6.45, 7) is 1.98. The maximum absolute atomic E-state index is 13.0. The Morgan fingerprint density at radius 1 is 1.18 bits per heavy atom. The van der Waals surface area contributed by atoms with Gasteiger partial charge in [0.1, 0.15) is 39.3 Å². The topological polar surface area (TPSA) is 155 Å². The molecule has 4 aromatic rings. The largest absolute Gasteiger partial charge is 0.464 e. The summed E-state index contributed by atoms with van der Waals surface area (Å²) in [5, 5.41) is 23.1. The number of carbonyl (C=O) groups is 2. The molecule has 1 aliphatic carbocycles. The number of aromatic nitrogens is 1. The first-order chi connectivity index (χ1) is 19.5. The van der Waals surface area contributed by atoms with E-state index in [0.29, 0.717) is 27.8 Å². The number of nitriles is 2. The van der Waals surface area contributed by atoms with Gasteiger partial charge in [-0.1, -0.05) is 24.3 Å². The zero-order valence-electron chi connectivity index (χ0n) is 21.4. The minimum Gasteiger partial charge on any atom is -0.464 e. The number of nitrogens with two attached hydrogens (primary N) is 1. The molecule has 0 radical (unpaired) electrons. The Labute approximate surface area is 238 Å². The summed E-state index contributed by atoms with van der Waals surface area (Å²) in [5.74, 6) is -0.166. The number of hydrogen-bond acceptors (Lipinski definition) is 10. The molecular formula is C29H23N5O4S2. The third kappa shape index (κ3) is 5.05. The van der Waals surface area contributed by atoms with Crippen LogP contribution in [0.3, 0.4) is 0 Å². The van der Waals surface area contributed by atoms with Gasteiger partial charge in [-0.25, -0.2) is 9.78 Å². The third-order valence-corrected chi connectivity index (χ3v) is 8.55. The highest BCUT2D eigenvalue weighted by molar-refractivity contribution is 7.99. The van der Waals surface area contributed by atoms with Crippen molar-refractivity contribution in [2.45, 2.75) is 31.2 Å². The number of aryl methyl sites for hydroxylation is 1. The van der Waals surface area contributed by atoms with Crippen molar-refractivity contribution in [3.63, 3.8) is 0 Å². The standard InChI is InChI=1S/C29H23N5O4S2/c1-2-37-29(36)24-18-10-9-16-6-3-4-7-17(16)25(18)40-28(24)33-22(35)11-13-39-27-20(15-31)23(21-8-5-12-38-21)19(14-30)26(32)34-27/h3-8,12H,2,9-11,13H2,1H3,(H2,32,34)(H,33,35). The SMILES string of the molecule is CCOC(=O)c1c(NC(=O)CCSc2nc(N)c(C#N)c(-c3ccco3)c2C#N)sc2c1CCc1ccccc1-2. The van der Waals surface area contributed by atoms with E-state index in [4.69, 9.17) is 14.9 Å². The Hall–Kier alpha value is -4.58. The summed E-state index contributed by atoms with van der Waals surface area (Å²) >= 11 is 2.56. The molecule has 3 N–H and O–H groups in total. The number of amides is 1. The lowest BCUT2D eigenvalue weighted by molar-refractivity contribution is -0.115. The van der Waals surface area contributed by atoms with Gasteiger partial charge in [0.25, 0.3) is 0 Å². The fraction of sp³-hybridized carbons (Fsp3) is 0.207. The Bertz CT molecular complexity index is 1700. The van der Waals surface area contributed by atoms with Crippen molar-refractivity contribution in [1.82, 2.24) is 4.98 Å². The van der Waals surface area contributed by atoms with Gasteiger partial charge in [-0.3, -0.25) is 4.79 Å². The highest BCUT2D eigenvalue weighted by Crippen LogP contribution is 2.45. The van der Waals surface area contributed by atoms with E-state index >= 15 is 0 Å². The second-order valence-electron chi connectivity index (χ2n) is 8.77. The van der Waals surface area contributed by atoms with Crippen molar-refractivity contribution < 1.29 is 18.7 Å². The summed E-state index contributed by atoms with van der Waals surface area (Å²) in [4.78, 5) is 31.2. The molecule has 0 atom stereocenters. The van der Waals surface area contributed by atoms with Gasteiger partial charge in [0.05, 0.1) is 29.6 Å². The van der Waals surface area contributed by atoms with Crippen molar-refractivity contribution in [2.75, 3.05) is 23.4 Å². The predicted octanol–water partition coefficient (Wildman–Crippen LogP) is 5.79. The molecular weight excluding hydrogens is 546 g/mol. The Balaban J connectivity index is 1.36. The Morgan fingerprint density at radius 2 is 1.98 bits per heavy atom. The summed E-state index contributed by atoms with van der Waals surface area (Å²) in [7, 11) is 0. The lowest BCUT2D eigenvalue weighted by atomic mass is 9.89. The van der Waals surface area contributed by atoms with Crippen LogP contribution in [0.1, 0.15) is 46.0 Å². The van der Waals surface area contributed by atoms with E-state index < -0.39 is 5.97 Å². The molecule has 1 aromatic carbocycles. The number of furan rings is 1. The molecule has 11 heteroatoms. The Morgan fingerprint density at radius 3 is 2.70 bits per heavy atom. The number of benzene rings is 1. The predicted molar refractivity (Wildman–Crippen MR) is 153 cm³/mol. The number of carbonyl (C=O) groups excluding carboxylic acids is 2.